The molecule has 3 aromatic rings. The third-order valence-corrected chi connectivity index (χ3v) is 5.35. The number of esters is 1. The average Bonchev–Trinajstić information content (AvgIpc) is 3.12. The van der Waals surface area contributed by atoms with Gasteiger partial charge in [-0.3, -0.25) is 14.2 Å². The van der Waals surface area contributed by atoms with E-state index in [1.165, 1.54) is 23.8 Å². The third-order valence-electron chi connectivity index (χ3n) is 5.35. The molecule has 29 heavy (non-hydrogen) atoms. The first-order valence-electron chi connectivity index (χ1n) is 9.40. The maximum absolute atomic E-state index is 13.2. The van der Waals surface area contributed by atoms with E-state index in [-0.39, 0.29) is 34.4 Å². The van der Waals surface area contributed by atoms with Crippen molar-refractivity contribution in [1.29, 1.82) is 0 Å². The Labute approximate surface area is 167 Å². The van der Waals surface area contributed by atoms with E-state index >= 15 is 0 Å². The lowest BCUT2D eigenvalue weighted by atomic mass is 9.77. The zero-order valence-corrected chi connectivity index (χ0v) is 16.5. The van der Waals surface area contributed by atoms with Crippen molar-refractivity contribution in [1.82, 2.24) is 14.0 Å². The Kier molecular flexibility index (Phi) is 4.59. The summed E-state index contributed by atoms with van der Waals surface area (Å²) in [5.41, 5.74) is 3.13. The van der Waals surface area contributed by atoms with Crippen LogP contribution in [0.25, 0.3) is 11.3 Å². The summed E-state index contributed by atoms with van der Waals surface area (Å²) in [6.07, 6.45) is 6.61. The summed E-state index contributed by atoms with van der Waals surface area (Å²) in [7, 11) is -1.79. The molecule has 0 fully saturated rings. The molecule has 3 aromatic heterocycles. The van der Waals surface area contributed by atoms with E-state index in [1.807, 2.05) is 16.7 Å². The van der Waals surface area contributed by atoms with Gasteiger partial charge in [0.15, 0.2) is 0 Å². The maximum Gasteiger partial charge on any atom is 0.489 e. The average molecular weight is 395 g/mol. The summed E-state index contributed by atoms with van der Waals surface area (Å²) in [6, 6.07) is 3.34. The van der Waals surface area contributed by atoms with Gasteiger partial charge in [-0.1, -0.05) is 13.8 Å². The molecule has 150 valence electrons. The molecule has 3 heterocycles. The van der Waals surface area contributed by atoms with Crippen LogP contribution >= 0.6 is 0 Å². The minimum absolute atomic E-state index is 0.127. The predicted octanol–water partition coefficient (Wildman–Crippen LogP) is 0.353. The molecule has 9 heteroatoms. The largest absolute Gasteiger partial charge is 0.489 e. The Bertz CT molecular complexity index is 1180. The number of nitrogens with zero attached hydrogens (tertiary/aromatic N) is 3. The van der Waals surface area contributed by atoms with E-state index < -0.39 is 13.1 Å². The second-order valence-corrected chi connectivity index (χ2v) is 8.22. The van der Waals surface area contributed by atoms with Crippen molar-refractivity contribution >= 4 is 24.1 Å². The lowest BCUT2D eigenvalue weighted by molar-refractivity contribution is -0.142. The van der Waals surface area contributed by atoms with Crippen LogP contribution in [0.1, 0.15) is 37.6 Å². The smallest absolute Gasteiger partial charge is 0.461 e. The first-order chi connectivity index (χ1) is 13.7. The van der Waals surface area contributed by atoms with Gasteiger partial charge in [0.2, 0.25) is 0 Å². The van der Waals surface area contributed by atoms with Crippen LogP contribution in [0.5, 0.6) is 0 Å². The van der Waals surface area contributed by atoms with E-state index in [4.69, 9.17) is 4.74 Å². The molecule has 1 aliphatic rings. The number of pyridine rings is 1. The highest BCUT2D eigenvalue weighted by Gasteiger charge is 2.32. The second-order valence-electron chi connectivity index (χ2n) is 8.22. The van der Waals surface area contributed by atoms with E-state index in [1.54, 1.807) is 6.20 Å². The van der Waals surface area contributed by atoms with Crippen LogP contribution in [-0.2, 0) is 29.0 Å². The van der Waals surface area contributed by atoms with Gasteiger partial charge in [0.1, 0.15) is 17.9 Å². The summed E-state index contributed by atoms with van der Waals surface area (Å²) in [4.78, 5) is 28.8. The van der Waals surface area contributed by atoms with Gasteiger partial charge in [0.05, 0.1) is 0 Å². The fourth-order valence-corrected chi connectivity index (χ4v) is 4.09. The molecule has 0 aliphatic heterocycles. The second kappa shape index (κ2) is 6.86. The summed E-state index contributed by atoms with van der Waals surface area (Å²) >= 11 is 0. The number of fused-ring (bicyclic) bond motifs is 3. The molecule has 8 nitrogen and oxygen atoms in total. The SMILES string of the molecule is CC(=O)OCc1c(B(O)O)ccnc1-n1ccn2c3c(cc2c1=O)CC(C)(C)C3. The van der Waals surface area contributed by atoms with Crippen molar-refractivity contribution in [3.63, 3.8) is 0 Å². The highest BCUT2D eigenvalue weighted by atomic mass is 16.5. The summed E-state index contributed by atoms with van der Waals surface area (Å²) in [5.74, 6) is -0.322. The Morgan fingerprint density at radius 1 is 1.31 bits per heavy atom. The van der Waals surface area contributed by atoms with Crippen LogP contribution in [0.15, 0.2) is 35.5 Å². The maximum atomic E-state index is 13.2. The van der Waals surface area contributed by atoms with Gasteiger partial charge in [0, 0.05) is 36.8 Å². The topological polar surface area (TPSA) is 106 Å². The fourth-order valence-electron chi connectivity index (χ4n) is 4.09. The number of rotatable bonds is 4. The van der Waals surface area contributed by atoms with Crippen LogP contribution in [0.2, 0.25) is 0 Å². The molecule has 0 unspecified atom stereocenters. The molecular weight excluding hydrogens is 373 g/mol. The van der Waals surface area contributed by atoms with Gasteiger partial charge in [-0.15, -0.1) is 0 Å². The summed E-state index contributed by atoms with van der Waals surface area (Å²) < 4.78 is 8.32. The van der Waals surface area contributed by atoms with Crippen LogP contribution in [0.4, 0.5) is 0 Å². The monoisotopic (exact) mass is 395 g/mol. The molecule has 0 saturated heterocycles. The van der Waals surface area contributed by atoms with Crippen molar-refractivity contribution in [2.24, 2.45) is 5.41 Å². The minimum atomic E-state index is -1.79. The van der Waals surface area contributed by atoms with Crippen LogP contribution in [0.3, 0.4) is 0 Å². The standard InChI is InChI=1S/C20H22BN3O5/c1-12(25)29-11-14-15(21(27)28)4-5-22-18(14)24-7-6-23-16(19(24)26)8-13-9-20(2,3)10-17(13)23/h4-8,27-28H,9-11H2,1-3H3. The number of carbonyl (C=O) groups is 1. The zero-order chi connectivity index (χ0) is 20.9. The fraction of sp³-hybridized carbons (Fsp3) is 0.350. The Balaban J connectivity index is 1.87. The molecule has 0 bridgehead atoms. The third kappa shape index (κ3) is 3.36. The number of hydrogen-bond acceptors (Lipinski definition) is 6. The molecule has 0 amide bonds. The van der Waals surface area contributed by atoms with Gasteiger partial charge in [-0.25, -0.2) is 4.98 Å². The summed E-state index contributed by atoms with van der Waals surface area (Å²) in [5, 5.41) is 19.4. The van der Waals surface area contributed by atoms with Crippen LogP contribution in [-0.4, -0.2) is 37.1 Å². The number of carbonyl (C=O) groups excluding carboxylic acids is 1. The Hall–Kier alpha value is -2.91. The van der Waals surface area contributed by atoms with Crippen molar-refractivity contribution in [3.05, 3.63) is 57.9 Å². The normalized spacial score (nSPS) is 14.8. The molecule has 4 rings (SSSR count). The highest BCUT2D eigenvalue weighted by Crippen LogP contribution is 2.37. The van der Waals surface area contributed by atoms with Crippen LogP contribution < -0.4 is 11.0 Å². The van der Waals surface area contributed by atoms with Gasteiger partial charge >= 0.3 is 13.1 Å². The van der Waals surface area contributed by atoms with Gasteiger partial charge in [0.25, 0.3) is 5.56 Å². The van der Waals surface area contributed by atoms with Crippen molar-refractivity contribution in [2.45, 2.75) is 40.2 Å². The number of ether oxygens (including phenoxy) is 1. The molecule has 1 aliphatic carbocycles. The first-order valence-corrected chi connectivity index (χ1v) is 9.40. The Morgan fingerprint density at radius 2 is 2.07 bits per heavy atom. The van der Waals surface area contributed by atoms with E-state index in [0.717, 1.165) is 24.1 Å². The van der Waals surface area contributed by atoms with Gasteiger partial charge < -0.3 is 19.2 Å². The van der Waals surface area contributed by atoms with Crippen molar-refractivity contribution in [3.8, 4) is 5.82 Å². The molecule has 0 saturated carbocycles. The number of hydrogen-bond donors (Lipinski definition) is 2. The quantitative estimate of drug-likeness (QED) is 0.488. The van der Waals surface area contributed by atoms with E-state index in [2.05, 4.69) is 18.8 Å². The first kappa shape index (κ1) is 19.4. The molecule has 0 aromatic carbocycles. The zero-order valence-electron chi connectivity index (χ0n) is 16.5. The molecule has 0 radical (unpaired) electrons. The molecule has 0 spiro atoms. The number of aromatic nitrogens is 3. The summed E-state index contributed by atoms with van der Waals surface area (Å²) in [6.45, 7) is 5.44. The highest BCUT2D eigenvalue weighted by molar-refractivity contribution is 6.59. The van der Waals surface area contributed by atoms with Crippen molar-refractivity contribution < 1.29 is 19.6 Å². The Morgan fingerprint density at radius 3 is 2.76 bits per heavy atom. The lowest BCUT2D eigenvalue weighted by Crippen LogP contribution is -2.36. The van der Waals surface area contributed by atoms with Crippen LogP contribution in [0, 0.1) is 5.41 Å². The van der Waals surface area contributed by atoms with Gasteiger partial charge in [-0.2, -0.15) is 0 Å². The lowest BCUT2D eigenvalue weighted by Gasteiger charge is -2.17. The predicted molar refractivity (Wildman–Crippen MR) is 107 cm³/mol. The molecule has 0 atom stereocenters. The minimum Gasteiger partial charge on any atom is -0.461 e. The molecular formula is C20H22BN3O5. The van der Waals surface area contributed by atoms with E-state index in [0.29, 0.717) is 5.52 Å². The van der Waals surface area contributed by atoms with E-state index in [9.17, 15) is 19.6 Å². The van der Waals surface area contributed by atoms with Gasteiger partial charge in [-0.05, 0) is 41.4 Å². The molecule has 2 N–H and O–H groups in total. The van der Waals surface area contributed by atoms with Crippen molar-refractivity contribution in [2.75, 3.05) is 0 Å².